The Kier molecular flexibility index (Phi) is 7.03. The Hall–Kier alpha value is -3.80. The second-order valence-electron chi connectivity index (χ2n) is 11.3. The van der Waals surface area contributed by atoms with Crippen LogP contribution in [0.1, 0.15) is 61.6 Å². The van der Waals surface area contributed by atoms with Crippen LogP contribution < -0.4 is 20.3 Å². The Labute approximate surface area is 233 Å². The standard InChI is InChI=1S/C28H36FN9O2/c1-28(29)16-37(20-6-4-5-7-20)24-22(38-26(28)31-17-32-38)15-30-27(35-24)34-21-9-8-18(14-23(21)40-3)25(39)33-19-10-12-36(2)13-11-19/h8-9,14-15,17,19-20H,4-7,10-13,16H2,1-3H3,(H,33,39)(H,30,34,35). The Morgan fingerprint density at radius 3 is 2.67 bits per heavy atom. The molecule has 6 rings (SSSR count). The van der Waals surface area contributed by atoms with Crippen molar-refractivity contribution in [2.45, 2.75) is 63.2 Å². The molecule has 0 radical (unpaired) electrons. The number of carbonyl (C=O) groups excluding carboxylic acids is 1. The van der Waals surface area contributed by atoms with Crippen molar-refractivity contribution in [1.29, 1.82) is 0 Å². The highest BCUT2D eigenvalue weighted by atomic mass is 19.1. The number of methoxy groups -OCH3 is 1. The van der Waals surface area contributed by atoms with Gasteiger partial charge in [-0.3, -0.25) is 4.79 Å². The highest BCUT2D eigenvalue weighted by molar-refractivity contribution is 5.95. The fourth-order valence-electron chi connectivity index (χ4n) is 6.02. The monoisotopic (exact) mass is 549 g/mol. The maximum Gasteiger partial charge on any atom is 0.251 e. The van der Waals surface area contributed by atoms with Gasteiger partial charge in [0.05, 0.1) is 25.5 Å². The van der Waals surface area contributed by atoms with E-state index in [4.69, 9.17) is 9.72 Å². The lowest BCUT2D eigenvalue weighted by atomic mass is 10.0. The molecule has 0 bridgehead atoms. The van der Waals surface area contributed by atoms with Crippen molar-refractivity contribution in [3.63, 3.8) is 0 Å². The Balaban J connectivity index is 1.27. The summed E-state index contributed by atoms with van der Waals surface area (Å²) in [5.41, 5.74) is 0.0356. The van der Waals surface area contributed by atoms with Gasteiger partial charge in [-0.1, -0.05) is 12.8 Å². The van der Waals surface area contributed by atoms with Gasteiger partial charge in [-0.05, 0) is 70.9 Å². The number of halogens is 1. The minimum absolute atomic E-state index is 0.120. The largest absolute Gasteiger partial charge is 0.495 e. The van der Waals surface area contributed by atoms with Crippen LogP contribution in [0.3, 0.4) is 0 Å². The van der Waals surface area contributed by atoms with Gasteiger partial charge in [-0.25, -0.2) is 19.0 Å². The number of anilines is 3. The van der Waals surface area contributed by atoms with Gasteiger partial charge < -0.3 is 25.2 Å². The molecule has 4 heterocycles. The highest BCUT2D eigenvalue weighted by Crippen LogP contribution is 2.39. The summed E-state index contributed by atoms with van der Waals surface area (Å²) in [7, 11) is 3.66. The number of benzene rings is 1. The van der Waals surface area contributed by atoms with Crippen molar-refractivity contribution in [3.05, 3.63) is 42.1 Å². The lowest BCUT2D eigenvalue weighted by Crippen LogP contribution is -2.43. The Morgan fingerprint density at radius 2 is 1.93 bits per heavy atom. The molecule has 12 heteroatoms. The molecule has 212 valence electrons. The van der Waals surface area contributed by atoms with Crippen molar-refractivity contribution in [2.24, 2.45) is 0 Å². The third-order valence-corrected chi connectivity index (χ3v) is 8.26. The number of hydrogen-bond donors (Lipinski definition) is 2. The van der Waals surface area contributed by atoms with Crippen LogP contribution >= 0.6 is 0 Å². The predicted octanol–water partition coefficient (Wildman–Crippen LogP) is 3.58. The maximum absolute atomic E-state index is 16.0. The van der Waals surface area contributed by atoms with Crippen LogP contribution in [0.15, 0.2) is 30.7 Å². The maximum atomic E-state index is 16.0. The lowest BCUT2D eigenvalue weighted by Gasteiger charge is -2.33. The van der Waals surface area contributed by atoms with Gasteiger partial charge in [0.15, 0.2) is 17.3 Å². The van der Waals surface area contributed by atoms with Crippen LogP contribution in [-0.2, 0) is 5.67 Å². The number of hydrogen-bond acceptors (Lipinski definition) is 9. The van der Waals surface area contributed by atoms with E-state index in [1.165, 1.54) is 11.0 Å². The number of aromatic nitrogens is 5. The van der Waals surface area contributed by atoms with Crippen molar-refractivity contribution < 1.29 is 13.9 Å². The molecule has 40 heavy (non-hydrogen) atoms. The minimum Gasteiger partial charge on any atom is -0.495 e. The Morgan fingerprint density at radius 1 is 1.15 bits per heavy atom. The van der Waals surface area contributed by atoms with Crippen molar-refractivity contribution >= 4 is 23.4 Å². The summed E-state index contributed by atoms with van der Waals surface area (Å²) in [6, 6.07) is 5.62. The van der Waals surface area contributed by atoms with Crippen LogP contribution in [-0.4, -0.2) is 81.4 Å². The van der Waals surface area contributed by atoms with E-state index >= 15 is 4.39 Å². The van der Waals surface area contributed by atoms with E-state index in [0.717, 1.165) is 51.6 Å². The molecular weight excluding hydrogens is 513 g/mol. The molecule has 2 fully saturated rings. The molecule has 1 unspecified atom stereocenters. The Bertz CT molecular complexity index is 1380. The number of piperidine rings is 1. The number of carbonyl (C=O) groups is 1. The molecular formula is C28H36FN9O2. The summed E-state index contributed by atoms with van der Waals surface area (Å²) in [4.78, 5) is 30.9. The zero-order chi connectivity index (χ0) is 27.9. The quantitative estimate of drug-likeness (QED) is 0.476. The van der Waals surface area contributed by atoms with Crippen LogP contribution in [0.4, 0.5) is 21.8 Å². The summed E-state index contributed by atoms with van der Waals surface area (Å²) < 4.78 is 23.1. The topological polar surface area (TPSA) is 113 Å². The zero-order valence-electron chi connectivity index (χ0n) is 23.2. The molecule has 1 aromatic carbocycles. The van der Waals surface area contributed by atoms with E-state index in [1.807, 2.05) is 0 Å². The number of nitrogens with one attached hydrogen (secondary N) is 2. The van der Waals surface area contributed by atoms with Crippen LogP contribution in [0.5, 0.6) is 5.75 Å². The highest BCUT2D eigenvalue weighted by Gasteiger charge is 2.42. The fraction of sp³-hybridized carbons (Fsp3) is 0.536. The molecule has 2 aliphatic heterocycles. The molecule has 2 aromatic heterocycles. The first-order chi connectivity index (χ1) is 19.3. The molecule has 11 nitrogen and oxygen atoms in total. The lowest BCUT2D eigenvalue weighted by molar-refractivity contribution is 0.0916. The summed E-state index contributed by atoms with van der Waals surface area (Å²) in [5.74, 6) is 1.58. The minimum atomic E-state index is -1.71. The second kappa shape index (κ2) is 10.6. The van der Waals surface area contributed by atoms with E-state index in [0.29, 0.717) is 34.5 Å². The molecule has 2 N–H and O–H groups in total. The van der Waals surface area contributed by atoms with Crippen LogP contribution in [0.2, 0.25) is 0 Å². The van der Waals surface area contributed by atoms with Gasteiger partial charge in [0.2, 0.25) is 5.95 Å². The van der Waals surface area contributed by atoms with Gasteiger partial charge in [-0.2, -0.15) is 10.1 Å². The number of nitrogens with zero attached hydrogens (tertiary/aromatic N) is 7. The number of amides is 1. The van der Waals surface area contributed by atoms with Gasteiger partial charge in [0.25, 0.3) is 5.91 Å². The van der Waals surface area contributed by atoms with E-state index in [1.54, 1.807) is 38.4 Å². The third-order valence-electron chi connectivity index (χ3n) is 8.26. The molecule has 3 aromatic rings. The van der Waals surface area contributed by atoms with E-state index in [2.05, 4.69) is 42.5 Å². The predicted molar refractivity (Wildman–Crippen MR) is 149 cm³/mol. The SMILES string of the molecule is COc1cc(C(=O)NC2CCN(C)CC2)ccc1Nc1ncc2c(n1)N(C1CCCC1)CC(C)(F)c1ncnn1-2. The van der Waals surface area contributed by atoms with Crippen molar-refractivity contribution in [3.8, 4) is 11.4 Å². The summed E-state index contributed by atoms with van der Waals surface area (Å²) in [6.07, 6.45) is 9.06. The summed E-state index contributed by atoms with van der Waals surface area (Å²) >= 11 is 0. The van der Waals surface area contributed by atoms with E-state index < -0.39 is 5.67 Å². The van der Waals surface area contributed by atoms with Gasteiger partial charge in [-0.15, -0.1) is 0 Å². The molecule has 0 spiro atoms. The van der Waals surface area contributed by atoms with Crippen molar-refractivity contribution in [1.82, 2.24) is 34.9 Å². The first-order valence-corrected chi connectivity index (χ1v) is 14.0. The summed E-state index contributed by atoms with van der Waals surface area (Å²) in [6.45, 7) is 3.62. The fourth-order valence-corrected chi connectivity index (χ4v) is 6.02. The van der Waals surface area contributed by atoms with Crippen LogP contribution in [0.25, 0.3) is 5.69 Å². The van der Waals surface area contributed by atoms with Gasteiger partial charge >= 0.3 is 0 Å². The van der Waals surface area contributed by atoms with E-state index in [9.17, 15) is 4.79 Å². The van der Waals surface area contributed by atoms with E-state index in [-0.39, 0.29) is 30.4 Å². The number of rotatable bonds is 6. The molecule has 1 amide bonds. The smallest absolute Gasteiger partial charge is 0.251 e. The normalized spacial score (nSPS) is 21.9. The molecule has 1 saturated heterocycles. The zero-order valence-corrected chi connectivity index (χ0v) is 23.2. The first-order valence-electron chi connectivity index (χ1n) is 14.0. The van der Waals surface area contributed by atoms with Gasteiger partial charge in [0, 0.05) is 17.6 Å². The van der Waals surface area contributed by atoms with Crippen molar-refractivity contribution in [2.75, 3.05) is 44.0 Å². The molecule has 1 atom stereocenters. The second-order valence-corrected chi connectivity index (χ2v) is 11.3. The average Bonchev–Trinajstić information content (AvgIpc) is 3.65. The van der Waals surface area contributed by atoms with Crippen LogP contribution in [0, 0.1) is 0 Å². The number of fused-ring (bicyclic) bond motifs is 3. The summed E-state index contributed by atoms with van der Waals surface area (Å²) in [5, 5.41) is 10.7. The average molecular weight is 550 g/mol. The first kappa shape index (κ1) is 26.4. The number of likely N-dealkylation sites (tertiary alicyclic amines) is 1. The molecule has 1 aliphatic carbocycles. The molecule has 1 saturated carbocycles. The number of ether oxygens (including phenoxy) is 1. The molecule has 3 aliphatic rings. The third kappa shape index (κ3) is 5.07. The number of alkyl halides is 1. The van der Waals surface area contributed by atoms with Gasteiger partial charge in [0.1, 0.15) is 17.8 Å².